The lowest BCUT2D eigenvalue weighted by Crippen LogP contribution is -1.90. The van der Waals surface area contributed by atoms with Gasteiger partial charge in [-0.3, -0.25) is 0 Å². The molecular formula is C13H9N3S. The molecule has 0 bridgehead atoms. The molecule has 2 aromatic heterocycles. The molecule has 0 aliphatic heterocycles. The standard InChI is InChI=1S/C13H9N3S/c1-2-4-10(5-3-1)11-6-7-14-12(16-11)13-15-8-9-17-13/h1-9H. The maximum Gasteiger partial charge on any atom is 0.189 e. The molecule has 0 aliphatic carbocycles. The Morgan fingerprint density at radius 2 is 1.76 bits per heavy atom. The van der Waals surface area contributed by atoms with Gasteiger partial charge in [-0.05, 0) is 6.07 Å². The van der Waals surface area contributed by atoms with Crippen LogP contribution in [-0.4, -0.2) is 15.0 Å². The topological polar surface area (TPSA) is 38.7 Å². The molecule has 3 rings (SSSR count). The molecule has 0 aliphatic rings. The van der Waals surface area contributed by atoms with Gasteiger partial charge in [0.2, 0.25) is 0 Å². The van der Waals surface area contributed by atoms with E-state index >= 15 is 0 Å². The highest BCUT2D eigenvalue weighted by atomic mass is 32.1. The third-order valence-electron chi connectivity index (χ3n) is 2.35. The number of rotatable bonds is 2. The van der Waals surface area contributed by atoms with Crippen molar-refractivity contribution in [2.75, 3.05) is 0 Å². The second-order valence-electron chi connectivity index (χ2n) is 3.47. The number of aromatic nitrogens is 3. The Balaban J connectivity index is 2.06. The van der Waals surface area contributed by atoms with Crippen LogP contribution in [0.4, 0.5) is 0 Å². The summed E-state index contributed by atoms with van der Waals surface area (Å²) in [4.78, 5) is 13.0. The zero-order chi connectivity index (χ0) is 11.5. The molecule has 0 amide bonds. The van der Waals surface area contributed by atoms with E-state index in [2.05, 4.69) is 15.0 Å². The lowest BCUT2D eigenvalue weighted by atomic mass is 10.1. The lowest BCUT2D eigenvalue weighted by molar-refractivity contribution is 1.17. The summed E-state index contributed by atoms with van der Waals surface area (Å²) in [7, 11) is 0. The van der Waals surface area contributed by atoms with Crippen molar-refractivity contribution >= 4 is 11.3 Å². The van der Waals surface area contributed by atoms with E-state index in [9.17, 15) is 0 Å². The molecule has 2 heterocycles. The molecule has 0 unspecified atom stereocenters. The first-order valence-electron chi connectivity index (χ1n) is 5.22. The second-order valence-corrected chi connectivity index (χ2v) is 4.36. The Labute approximate surface area is 103 Å². The van der Waals surface area contributed by atoms with Crippen LogP contribution in [0.5, 0.6) is 0 Å². The van der Waals surface area contributed by atoms with Crippen LogP contribution in [0.25, 0.3) is 22.1 Å². The molecule has 0 saturated carbocycles. The van der Waals surface area contributed by atoms with Crippen molar-refractivity contribution in [2.45, 2.75) is 0 Å². The third-order valence-corrected chi connectivity index (χ3v) is 3.12. The average Bonchev–Trinajstić information content (AvgIpc) is 2.94. The number of thiazole rings is 1. The van der Waals surface area contributed by atoms with Crippen LogP contribution in [-0.2, 0) is 0 Å². The monoisotopic (exact) mass is 239 g/mol. The molecular weight excluding hydrogens is 230 g/mol. The normalized spacial score (nSPS) is 10.4. The van der Waals surface area contributed by atoms with Gasteiger partial charge in [0, 0.05) is 23.3 Å². The maximum atomic E-state index is 4.52. The Bertz CT molecular complexity index is 606. The third kappa shape index (κ3) is 2.07. The van der Waals surface area contributed by atoms with E-state index in [-0.39, 0.29) is 0 Å². The van der Waals surface area contributed by atoms with Crippen molar-refractivity contribution < 1.29 is 0 Å². The number of hydrogen-bond acceptors (Lipinski definition) is 4. The van der Waals surface area contributed by atoms with Crippen molar-refractivity contribution in [2.24, 2.45) is 0 Å². The van der Waals surface area contributed by atoms with Crippen LogP contribution in [0.2, 0.25) is 0 Å². The summed E-state index contributed by atoms with van der Waals surface area (Å²) in [5.41, 5.74) is 2.01. The van der Waals surface area contributed by atoms with Gasteiger partial charge < -0.3 is 0 Å². The van der Waals surface area contributed by atoms with Crippen LogP contribution in [0, 0.1) is 0 Å². The molecule has 4 heteroatoms. The molecule has 0 atom stereocenters. The van der Waals surface area contributed by atoms with Gasteiger partial charge in [-0.2, -0.15) is 0 Å². The summed E-state index contributed by atoms with van der Waals surface area (Å²) in [6, 6.07) is 12.0. The van der Waals surface area contributed by atoms with Gasteiger partial charge in [0.25, 0.3) is 0 Å². The maximum absolute atomic E-state index is 4.52. The first-order valence-corrected chi connectivity index (χ1v) is 6.10. The van der Waals surface area contributed by atoms with E-state index in [4.69, 9.17) is 0 Å². The Morgan fingerprint density at radius 1 is 0.882 bits per heavy atom. The van der Waals surface area contributed by atoms with Gasteiger partial charge in [-0.25, -0.2) is 15.0 Å². The second kappa shape index (κ2) is 4.43. The average molecular weight is 239 g/mol. The van der Waals surface area contributed by atoms with E-state index in [1.165, 1.54) is 0 Å². The van der Waals surface area contributed by atoms with Crippen molar-refractivity contribution in [3.63, 3.8) is 0 Å². The highest BCUT2D eigenvalue weighted by Crippen LogP contribution is 2.21. The van der Waals surface area contributed by atoms with Gasteiger partial charge in [0.1, 0.15) is 0 Å². The highest BCUT2D eigenvalue weighted by molar-refractivity contribution is 7.12. The fourth-order valence-electron chi connectivity index (χ4n) is 1.57. The fraction of sp³-hybridized carbons (Fsp3) is 0. The SMILES string of the molecule is c1ccc(-c2ccnc(-c3nccs3)n2)cc1. The Morgan fingerprint density at radius 3 is 2.53 bits per heavy atom. The first kappa shape index (κ1) is 10.1. The van der Waals surface area contributed by atoms with Gasteiger partial charge in [0.05, 0.1) is 5.69 Å². The molecule has 1 aromatic carbocycles. The summed E-state index contributed by atoms with van der Waals surface area (Å²) in [6.07, 6.45) is 3.53. The molecule has 0 saturated heterocycles. The van der Waals surface area contributed by atoms with E-state index in [0.717, 1.165) is 16.3 Å². The summed E-state index contributed by atoms with van der Waals surface area (Å²) in [6.45, 7) is 0. The van der Waals surface area contributed by atoms with Crippen LogP contribution in [0.15, 0.2) is 54.2 Å². The Hall–Kier alpha value is -2.07. The number of hydrogen-bond donors (Lipinski definition) is 0. The van der Waals surface area contributed by atoms with Crippen LogP contribution >= 0.6 is 11.3 Å². The minimum atomic E-state index is 0.682. The van der Waals surface area contributed by atoms with Crippen LogP contribution in [0.1, 0.15) is 0 Å². The molecule has 17 heavy (non-hydrogen) atoms. The Kier molecular flexibility index (Phi) is 2.63. The van der Waals surface area contributed by atoms with E-state index in [0.29, 0.717) is 5.82 Å². The fourth-order valence-corrected chi connectivity index (χ4v) is 2.14. The molecule has 0 spiro atoms. The van der Waals surface area contributed by atoms with Gasteiger partial charge >= 0.3 is 0 Å². The summed E-state index contributed by atoms with van der Waals surface area (Å²) < 4.78 is 0. The predicted molar refractivity (Wildman–Crippen MR) is 68.6 cm³/mol. The number of nitrogens with zero attached hydrogens (tertiary/aromatic N) is 3. The van der Waals surface area contributed by atoms with E-state index in [1.807, 2.05) is 41.8 Å². The van der Waals surface area contributed by atoms with E-state index in [1.54, 1.807) is 23.7 Å². The van der Waals surface area contributed by atoms with Gasteiger partial charge in [-0.15, -0.1) is 11.3 Å². The summed E-state index contributed by atoms with van der Waals surface area (Å²) in [5, 5.41) is 2.77. The smallest absolute Gasteiger partial charge is 0.189 e. The molecule has 0 N–H and O–H groups in total. The highest BCUT2D eigenvalue weighted by Gasteiger charge is 2.05. The van der Waals surface area contributed by atoms with Crippen molar-refractivity contribution in [3.05, 3.63) is 54.2 Å². The summed E-state index contributed by atoms with van der Waals surface area (Å²) in [5.74, 6) is 0.682. The van der Waals surface area contributed by atoms with Crippen LogP contribution in [0.3, 0.4) is 0 Å². The largest absolute Gasteiger partial charge is 0.241 e. The van der Waals surface area contributed by atoms with Crippen molar-refractivity contribution in [1.29, 1.82) is 0 Å². The quantitative estimate of drug-likeness (QED) is 0.689. The number of benzene rings is 1. The summed E-state index contributed by atoms with van der Waals surface area (Å²) >= 11 is 1.54. The minimum Gasteiger partial charge on any atom is -0.241 e. The molecule has 0 fully saturated rings. The molecule has 82 valence electrons. The van der Waals surface area contributed by atoms with Crippen LogP contribution < -0.4 is 0 Å². The van der Waals surface area contributed by atoms with Crippen molar-refractivity contribution in [1.82, 2.24) is 15.0 Å². The zero-order valence-electron chi connectivity index (χ0n) is 8.95. The first-order chi connectivity index (χ1) is 8.43. The molecule has 3 aromatic rings. The zero-order valence-corrected chi connectivity index (χ0v) is 9.76. The molecule has 0 radical (unpaired) electrons. The van der Waals surface area contributed by atoms with Gasteiger partial charge in [-0.1, -0.05) is 30.3 Å². The minimum absolute atomic E-state index is 0.682. The lowest BCUT2D eigenvalue weighted by Gasteiger charge is -2.01. The molecule has 3 nitrogen and oxygen atoms in total. The van der Waals surface area contributed by atoms with Gasteiger partial charge in [0.15, 0.2) is 10.8 Å². The predicted octanol–water partition coefficient (Wildman–Crippen LogP) is 3.27. The van der Waals surface area contributed by atoms with Crippen molar-refractivity contribution in [3.8, 4) is 22.1 Å². The van der Waals surface area contributed by atoms with E-state index < -0.39 is 0 Å².